The monoisotopic (exact) mass is 325 g/mol. The second-order valence-corrected chi connectivity index (χ2v) is 5.39. The zero-order valence-corrected chi connectivity index (χ0v) is 13.6. The molecule has 0 aliphatic heterocycles. The van der Waals surface area contributed by atoms with Crippen LogP contribution in [0.1, 0.15) is 6.92 Å². The van der Waals surface area contributed by atoms with Crippen LogP contribution in [-0.4, -0.2) is 30.2 Å². The van der Waals surface area contributed by atoms with Crippen LogP contribution in [0.25, 0.3) is 21.8 Å². The molecule has 0 saturated carbocycles. The fourth-order valence-corrected chi connectivity index (χ4v) is 2.90. The average Bonchev–Trinajstić information content (AvgIpc) is 2.92. The lowest BCUT2D eigenvalue weighted by Gasteiger charge is -2.07. The average molecular weight is 325 g/mol. The Hall–Kier alpha value is -3.02. The van der Waals surface area contributed by atoms with Gasteiger partial charge in [0.05, 0.1) is 7.11 Å². The molecule has 0 bridgehead atoms. The van der Waals surface area contributed by atoms with Crippen LogP contribution in [0.5, 0.6) is 0 Å². The molecule has 2 amide bonds. The lowest BCUT2D eigenvalue weighted by Crippen LogP contribution is -2.32. The number of methoxy groups -OCH3 is 1. The van der Waals surface area contributed by atoms with Crippen LogP contribution in [-0.2, 0) is 16.1 Å². The Labute approximate surface area is 139 Å². The Kier molecular flexibility index (Phi) is 4.37. The van der Waals surface area contributed by atoms with E-state index in [-0.39, 0.29) is 12.5 Å². The van der Waals surface area contributed by atoms with Crippen molar-refractivity contribution < 1.29 is 14.3 Å². The van der Waals surface area contributed by atoms with Gasteiger partial charge in [0.1, 0.15) is 6.54 Å². The smallest absolute Gasteiger partial charge is 0.407 e. The van der Waals surface area contributed by atoms with Gasteiger partial charge in [0.25, 0.3) is 0 Å². The van der Waals surface area contributed by atoms with Gasteiger partial charge in [-0.3, -0.25) is 4.79 Å². The molecule has 1 heterocycles. The summed E-state index contributed by atoms with van der Waals surface area (Å²) in [5, 5.41) is 7.38. The summed E-state index contributed by atoms with van der Waals surface area (Å²) < 4.78 is 6.68. The van der Waals surface area contributed by atoms with Crippen molar-refractivity contribution in [1.29, 1.82) is 0 Å². The molecule has 3 rings (SSSR count). The van der Waals surface area contributed by atoms with Crippen LogP contribution in [0.3, 0.4) is 0 Å². The fraction of sp³-hybridized carbons (Fsp3) is 0.222. The van der Waals surface area contributed by atoms with Gasteiger partial charge < -0.3 is 19.9 Å². The first kappa shape index (κ1) is 15.9. The van der Waals surface area contributed by atoms with Gasteiger partial charge in [0, 0.05) is 34.0 Å². The summed E-state index contributed by atoms with van der Waals surface area (Å²) >= 11 is 0. The van der Waals surface area contributed by atoms with E-state index in [4.69, 9.17) is 0 Å². The van der Waals surface area contributed by atoms with Crippen molar-refractivity contribution in [1.82, 2.24) is 9.88 Å². The molecular weight excluding hydrogens is 306 g/mol. The molecule has 0 unspecified atom stereocenters. The Balaban J connectivity index is 1.90. The van der Waals surface area contributed by atoms with Gasteiger partial charge in [-0.2, -0.15) is 0 Å². The minimum atomic E-state index is -0.633. The number of aryl methyl sites for hydroxylation is 1. The molecule has 1 aromatic heterocycles. The zero-order chi connectivity index (χ0) is 17.1. The number of para-hydroxylation sites is 1. The Morgan fingerprint density at radius 1 is 1.08 bits per heavy atom. The summed E-state index contributed by atoms with van der Waals surface area (Å²) in [6.07, 6.45) is -0.633. The third kappa shape index (κ3) is 2.90. The molecule has 124 valence electrons. The highest BCUT2D eigenvalue weighted by molar-refractivity contribution is 6.09. The van der Waals surface area contributed by atoms with E-state index in [1.165, 1.54) is 12.6 Å². The van der Waals surface area contributed by atoms with Gasteiger partial charge in [-0.05, 0) is 31.2 Å². The number of benzene rings is 2. The number of rotatable bonds is 4. The molecule has 0 aliphatic rings. The van der Waals surface area contributed by atoms with Gasteiger partial charge in [0.15, 0.2) is 0 Å². The first-order valence-electron chi connectivity index (χ1n) is 7.76. The number of hydrogen-bond donors (Lipinski definition) is 2. The van der Waals surface area contributed by atoms with Crippen LogP contribution in [0.2, 0.25) is 0 Å². The third-order valence-corrected chi connectivity index (χ3v) is 3.95. The van der Waals surface area contributed by atoms with Crippen LogP contribution in [0, 0.1) is 0 Å². The molecule has 3 aromatic rings. The maximum absolute atomic E-state index is 11.9. The third-order valence-electron chi connectivity index (χ3n) is 3.95. The number of nitrogens with one attached hydrogen (secondary N) is 2. The van der Waals surface area contributed by atoms with Crippen LogP contribution < -0.4 is 10.6 Å². The van der Waals surface area contributed by atoms with Gasteiger partial charge >= 0.3 is 6.09 Å². The lowest BCUT2D eigenvalue weighted by molar-refractivity contribution is -0.115. The SMILES string of the molecule is CCn1c2ccccc2c2cc(NC(=O)CNC(=O)OC)ccc21. The molecule has 0 aliphatic carbocycles. The van der Waals surface area contributed by atoms with Crippen molar-refractivity contribution in [3.63, 3.8) is 0 Å². The van der Waals surface area contributed by atoms with Crippen molar-refractivity contribution >= 4 is 39.5 Å². The predicted octanol–water partition coefficient (Wildman–Crippen LogP) is 3.11. The molecule has 0 spiro atoms. The molecule has 2 aromatic carbocycles. The number of anilines is 1. The molecular formula is C18H19N3O3. The standard InChI is InChI=1S/C18H19N3O3/c1-3-21-15-7-5-4-6-13(15)14-10-12(8-9-16(14)21)20-17(22)11-19-18(23)24-2/h4-10H,3,11H2,1-2H3,(H,19,23)(H,20,22). The summed E-state index contributed by atoms with van der Waals surface area (Å²) in [7, 11) is 1.25. The van der Waals surface area contributed by atoms with Gasteiger partial charge in [-0.1, -0.05) is 18.2 Å². The Morgan fingerprint density at radius 3 is 2.58 bits per heavy atom. The molecule has 6 heteroatoms. The van der Waals surface area contributed by atoms with E-state index in [0.717, 1.165) is 22.8 Å². The topological polar surface area (TPSA) is 72.4 Å². The number of amides is 2. The zero-order valence-electron chi connectivity index (χ0n) is 13.6. The summed E-state index contributed by atoms with van der Waals surface area (Å²) in [4.78, 5) is 22.9. The van der Waals surface area contributed by atoms with Crippen molar-refractivity contribution in [3.8, 4) is 0 Å². The van der Waals surface area contributed by atoms with E-state index in [1.807, 2.05) is 30.3 Å². The first-order valence-corrected chi connectivity index (χ1v) is 7.76. The Bertz CT molecular complexity index is 914. The summed E-state index contributed by atoms with van der Waals surface area (Å²) in [5.41, 5.74) is 2.99. The second-order valence-electron chi connectivity index (χ2n) is 5.39. The summed E-state index contributed by atoms with van der Waals surface area (Å²) in [6.45, 7) is 2.85. The Morgan fingerprint density at radius 2 is 1.83 bits per heavy atom. The van der Waals surface area contributed by atoms with Crippen molar-refractivity contribution in [2.75, 3.05) is 19.0 Å². The second kappa shape index (κ2) is 6.62. The maximum Gasteiger partial charge on any atom is 0.407 e. The van der Waals surface area contributed by atoms with E-state index in [9.17, 15) is 9.59 Å². The number of aromatic nitrogens is 1. The molecule has 2 N–H and O–H groups in total. The van der Waals surface area contributed by atoms with E-state index in [0.29, 0.717) is 5.69 Å². The molecule has 0 atom stereocenters. The lowest BCUT2D eigenvalue weighted by atomic mass is 10.1. The largest absolute Gasteiger partial charge is 0.453 e. The molecule has 0 fully saturated rings. The quantitative estimate of drug-likeness (QED) is 0.774. The van der Waals surface area contributed by atoms with E-state index in [2.05, 4.69) is 39.0 Å². The molecule has 24 heavy (non-hydrogen) atoms. The number of alkyl carbamates (subject to hydrolysis) is 1. The molecule has 0 radical (unpaired) electrons. The molecule has 6 nitrogen and oxygen atoms in total. The summed E-state index contributed by atoms with van der Waals surface area (Å²) in [6, 6.07) is 14.0. The maximum atomic E-state index is 11.9. The number of ether oxygens (including phenoxy) is 1. The highest BCUT2D eigenvalue weighted by Crippen LogP contribution is 2.30. The van der Waals surface area contributed by atoms with Crippen molar-refractivity contribution in [2.45, 2.75) is 13.5 Å². The van der Waals surface area contributed by atoms with Gasteiger partial charge in [-0.25, -0.2) is 4.79 Å². The van der Waals surface area contributed by atoms with Gasteiger partial charge in [-0.15, -0.1) is 0 Å². The first-order chi connectivity index (χ1) is 11.6. The highest BCUT2D eigenvalue weighted by atomic mass is 16.5. The summed E-state index contributed by atoms with van der Waals surface area (Å²) in [5.74, 6) is -0.307. The number of hydrogen-bond acceptors (Lipinski definition) is 3. The van der Waals surface area contributed by atoms with Crippen LogP contribution in [0.4, 0.5) is 10.5 Å². The number of nitrogens with zero attached hydrogens (tertiary/aromatic N) is 1. The fourth-order valence-electron chi connectivity index (χ4n) is 2.90. The van der Waals surface area contributed by atoms with Crippen LogP contribution in [0.15, 0.2) is 42.5 Å². The van der Waals surface area contributed by atoms with Crippen LogP contribution >= 0.6 is 0 Å². The normalized spacial score (nSPS) is 10.8. The van der Waals surface area contributed by atoms with E-state index in [1.54, 1.807) is 0 Å². The van der Waals surface area contributed by atoms with E-state index >= 15 is 0 Å². The number of fused-ring (bicyclic) bond motifs is 3. The van der Waals surface area contributed by atoms with Crippen molar-refractivity contribution in [3.05, 3.63) is 42.5 Å². The minimum absolute atomic E-state index is 0.137. The van der Waals surface area contributed by atoms with Gasteiger partial charge in [0.2, 0.25) is 5.91 Å². The highest BCUT2D eigenvalue weighted by Gasteiger charge is 2.11. The number of carbonyl (C=O) groups excluding carboxylic acids is 2. The predicted molar refractivity (Wildman–Crippen MR) is 94.2 cm³/mol. The minimum Gasteiger partial charge on any atom is -0.453 e. The van der Waals surface area contributed by atoms with Crippen molar-refractivity contribution in [2.24, 2.45) is 0 Å². The molecule has 0 saturated heterocycles. The van der Waals surface area contributed by atoms with E-state index < -0.39 is 6.09 Å². The number of carbonyl (C=O) groups is 2.